The van der Waals surface area contributed by atoms with Crippen LogP contribution in [0.2, 0.25) is 0 Å². The molecule has 5 nitrogen and oxygen atoms in total. The van der Waals surface area contributed by atoms with E-state index in [1.807, 2.05) is 6.07 Å². The van der Waals surface area contributed by atoms with Gasteiger partial charge in [0.1, 0.15) is 6.54 Å². The third-order valence-electron chi connectivity index (χ3n) is 4.33. The molecular formula is C16H20N2O3. The highest BCUT2D eigenvalue weighted by Crippen LogP contribution is 2.23. The predicted molar refractivity (Wildman–Crippen MR) is 80.0 cm³/mol. The molecule has 112 valence electrons. The van der Waals surface area contributed by atoms with Crippen molar-refractivity contribution in [2.24, 2.45) is 5.92 Å². The Morgan fingerprint density at radius 3 is 2.90 bits per heavy atom. The minimum atomic E-state index is -0.483. The molecule has 1 aromatic carbocycles. The quantitative estimate of drug-likeness (QED) is 0.942. The predicted octanol–water partition coefficient (Wildman–Crippen LogP) is 2.29. The van der Waals surface area contributed by atoms with Gasteiger partial charge in [-0.15, -0.1) is 0 Å². The molecule has 0 aliphatic heterocycles. The number of benzene rings is 1. The number of para-hydroxylation sites is 2. The molecule has 1 N–H and O–H groups in total. The molecular weight excluding hydrogens is 268 g/mol. The fraction of sp³-hybridized carbons (Fsp3) is 0.500. The van der Waals surface area contributed by atoms with Crippen LogP contribution in [0, 0.1) is 5.92 Å². The number of carbonyl (C=O) groups is 1. The Bertz CT molecular complexity index is 701. The van der Waals surface area contributed by atoms with E-state index in [1.165, 1.54) is 11.0 Å². The van der Waals surface area contributed by atoms with Crippen molar-refractivity contribution in [3.05, 3.63) is 34.8 Å². The second-order valence-electron chi connectivity index (χ2n) is 5.86. The lowest BCUT2D eigenvalue weighted by Crippen LogP contribution is -2.43. The SMILES string of the molecule is C[C@@H]1CCCC[C@H]1NC(=O)Cn1c(=O)oc2ccccc21. The molecule has 0 saturated heterocycles. The van der Waals surface area contributed by atoms with E-state index in [1.54, 1.807) is 18.2 Å². The van der Waals surface area contributed by atoms with Crippen LogP contribution in [0.4, 0.5) is 0 Å². The second-order valence-corrected chi connectivity index (χ2v) is 5.86. The van der Waals surface area contributed by atoms with Crippen molar-refractivity contribution in [3.63, 3.8) is 0 Å². The summed E-state index contributed by atoms with van der Waals surface area (Å²) in [5, 5.41) is 3.06. The van der Waals surface area contributed by atoms with Crippen molar-refractivity contribution in [1.82, 2.24) is 9.88 Å². The van der Waals surface area contributed by atoms with Gasteiger partial charge >= 0.3 is 5.76 Å². The van der Waals surface area contributed by atoms with Crippen molar-refractivity contribution in [2.75, 3.05) is 0 Å². The smallest absolute Gasteiger partial charge is 0.408 e. The van der Waals surface area contributed by atoms with E-state index >= 15 is 0 Å². The Morgan fingerprint density at radius 1 is 1.33 bits per heavy atom. The normalized spacial score (nSPS) is 22.3. The van der Waals surface area contributed by atoms with Crippen molar-refractivity contribution >= 4 is 17.0 Å². The molecule has 0 spiro atoms. The maximum Gasteiger partial charge on any atom is 0.420 e. The molecule has 1 heterocycles. The number of hydrogen-bond acceptors (Lipinski definition) is 3. The molecule has 21 heavy (non-hydrogen) atoms. The number of rotatable bonds is 3. The summed E-state index contributed by atoms with van der Waals surface area (Å²) >= 11 is 0. The number of oxazole rings is 1. The van der Waals surface area contributed by atoms with Crippen molar-refractivity contribution in [1.29, 1.82) is 0 Å². The van der Waals surface area contributed by atoms with Gasteiger partial charge in [0.15, 0.2) is 5.58 Å². The Hall–Kier alpha value is -2.04. The van der Waals surface area contributed by atoms with Crippen LogP contribution in [0.15, 0.2) is 33.5 Å². The van der Waals surface area contributed by atoms with Crippen molar-refractivity contribution in [3.8, 4) is 0 Å². The van der Waals surface area contributed by atoms with Gasteiger partial charge in [0.2, 0.25) is 5.91 Å². The van der Waals surface area contributed by atoms with Gasteiger partial charge in [0, 0.05) is 6.04 Å². The molecule has 1 amide bonds. The molecule has 0 unspecified atom stereocenters. The van der Waals surface area contributed by atoms with Crippen LogP contribution < -0.4 is 11.1 Å². The lowest BCUT2D eigenvalue weighted by atomic mass is 9.86. The molecule has 1 fully saturated rings. The van der Waals surface area contributed by atoms with E-state index < -0.39 is 5.76 Å². The summed E-state index contributed by atoms with van der Waals surface area (Å²) in [5.41, 5.74) is 1.18. The maximum atomic E-state index is 12.2. The standard InChI is InChI=1S/C16H20N2O3/c1-11-6-2-3-7-12(11)17-15(19)10-18-13-8-4-5-9-14(13)21-16(18)20/h4-5,8-9,11-12H,2-3,6-7,10H2,1H3,(H,17,19)/t11-,12-/m1/s1. The number of nitrogens with zero attached hydrogens (tertiary/aromatic N) is 1. The van der Waals surface area contributed by atoms with Crippen LogP contribution >= 0.6 is 0 Å². The molecule has 1 aliphatic carbocycles. The highest BCUT2D eigenvalue weighted by molar-refractivity contribution is 5.79. The first-order chi connectivity index (χ1) is 10.1. The van der Waals surface area contributed by atoms with Gasteiger partial charge in [-0.1, -0.05) is 31.9 Å². The summed E-state index contributed by atoms with van der Waals surface area (Å²) in [7, 11) is 0. The molecule has 2 aromatic rings. The maximum absolute atomic E-state index is 12.2. The molecule has 2 atom stereocenters. The zero-order valence-corrected chi connectivity index (χ0v) is 12.2. The van der Waals surface area contributed by atoms with Gasteiger partial charge < -0.3 is 9.73 Å². The summed E-state index contributed by atoms with van der Waals surface area (Å²) < 4.78 is 6.53. The number of fused-ring (bicyclic) bond motifs is 1. The average Bonchev–Trinajstić information content (AvgIpc) is 2.78. The van der Waals surface area contributed by atoms with Crippen molar-refractivity contribution in [2.45, 2.75) is 45.2 Å². The van der Waals surface area contributed by atoms with E-state index in [0.29, 0.717) is 17.0 Å². The summed E-state index contributed by atoms with van der Waals surface area (Å²) in [5.74, 6) is -0.106. The molecule has 0 radical (unpaired) electrons. The third kappa shape index (κ3) is 2.86. The first-order valence-corrected chi connectivity index (χ1v) is 7.53. The van der Waals surface area contributed by atoms with Crippen LogP contribution in [0.5, 0.6) is 0 Å². The Morgan fingerprint density at radius 2 is 2.10 bits per heavy atom. The summed E-state index contributed by atoms with van der Waals surface area (Å²) in [4.78, 5) is 24.1. The van der Waals surface area contributed by atoms with Crippen LogP contribution in [0.25, 0.3) is 11.1 Å². The largest absolute Gasteiger partial charge is 0.420 e. The summed E-state index contributed by atoms with van der Waals surface area (Å²) in [6.45, 7) is 2.18. The Kier molecular flexibility index (Phi) is 3.82. The third-order valence-corrected chi connectivity index (χ3v) is 4.33. The number of hydrogen-bond donors (Lipinski definition) is 1. The first-order valence-electron chi connectivity index (χ1n) is 7.53. The minimum Gasteiger partial charge on any atom is -0.408 e. The minimum absolute atomic E-state index is 0.0130. The zero-order valence-electron chi connectivity index (χ0n) is 12.2. The summed E-state index contributed by atoms with van der Waals surface area (Å²) in [6.07, 6.45) is 4.57. The lowest BCUT2D eigenvalue weighted by molar-refractivity contribution is -0.123. The van der Waals surface area contributed by atoms with Crippen LogP contribution in [-0.2, 0) is 11.3 Å². The Balaban J connectivity index is 1.74. The topological polar surface area (TPSA) is 64.2 Å². The molecule has 1 saturated carbocycles. The lowest BCUT2D eigenvalue weighted by Gasteiger charge is -2.29. The highest BCUT2D eigenvalue weighted by atomic mass is 16.4. The molecule has 5 heteroatoms. The molecule has 1 aliphatic rings. The van der Waals surface area contributed by atoms with Gasteiger partial charge in [0.05, 0.1) is 5.52 Å². The monoisotopic (exact) mass is 288 g/mol. The van der Waals surface area contributed by atoms with Crippen molar-refractivity contribution < 1.29 is 9.21 Å². The first kappa shape index (κ1) is 13.9. The average molecular weight is 288 g/mol. The molecule has 1 aromatic heterocycles. The van der Waals surface area contributed by atoms with E-state index in [-0.39, 0.29) is 18.5 Å². The van der Waals surface area contributed by atoms with E-state index in [9.17, 15) is 9.59 Å². The van der Waals surface area contributed by atoms with Gasteiger partial charge in [-0.2, -0.15) is 0 Å². The van der Waals surface area contributed by atoms with Crippen LogP contribution in [0.1, 0.15) is 32.6 Å². The number of amides is 1. The van der Waals surface area contributed by atoms with Gasteiger partial charge in [-0.05, 0) is 30.9 Å². The van der Waals surface area contributed by atoms with E-state index in [4.69, 9.17) is 4.42 Å². The van der Waals surface area contributed by atoms with Crippen LogP contribution in [-0.4, -0.2) is 16.5 Å². The fourth-order valence-electron chi connectivity index (χ4n) is 3.09. The molecule has 0 bridgehead atoms. The van der Waals surface area contributed by atoms with E-state index in [2.05, 4.69) is 12.2 Å². The number of carbonyl (C=O) groups excluding carboxylic acids is 1. The van der Waals surface area contributed by atoms with Gasteiger partial charge in [0.25, 0.3) is 0 Å². The Labute approximate surface area is 122 Å². The number of aromatic nitrogens is 1. The number of nitrogens with one attached hydrogen (secondary N) is 1. The second kappa shape index (κ2) is 5.76. The van der Waals surface area contributed by atoms with Gasteiger partial charge in [-0.3, -0.25) is 9.36 Å². The van der Waals surface area contributed by atoms with E-state index in [0.717, 1.165) is 19.3 Å². The molecule has 3 rings (SSSR count). The van der Waals surface area contributed by atoms with Gasteiger partial charge in [-0.25, -0.2) is 4.79 Å². The summed E-state index contributed by atoms with van der Waals surface area (Å²) in [6, 6.07) is 7.37. The fourth-order valence-corrected chi connectivity index (χ4v) is 3.09. The highest BCUT2D eigenvalue weighted by Gasteiger charge is 2.23. The zero-order chi connectivity index (χ0) is 14.8. The van der Waals surface area contributed by atoms with Crippen LogP contribution in [0.3, 0.4) is 0 Å².